The summed E-state index contributed by atoms with van der Waals surface area (Å²) in [5.41, 5.74) is 8.76. The highest BCUT2D eigenvalue weighted by atomic mass is 16.8. The molecule has 4 N–H and O–H groups in total. The molecule has 0 fully saturated rings. The highest BCUT2D eigenvalue weighted by Gasteiger charge is 2.29. The minimum atomic E-state index is -1.16. The van der Waals surface area contributed by atoms with Crippen LogP contribution >= 0.6 is 0 Å². The fourth-order valence-electron chi connectivity index (χ4n) is 3.62. The Morgan fingerprint density at radius 2 is 1.44 bits per heavy atom. The van der Waals surface area contributed by atoms with Crippen LogP contribution in [-0.2, 0) is 13.1 Å². The average molecular weight is 456 g/mol. The van der Waals surface area contributed by atoms with Crippen molar-refractivity contribution in [3.8, 4) is 0 Å². The first-order valence-electron chi connectivity index (χ1n) is 10.7. The third kappa shape index (κ3) is 5.38. The highest BCUT2D eigenvalue weighted by molar-refractivity contribution is 6.00. The Bertz CT molecular complexity index is 1220. The predicted molar refractivity (Wildman–Crippen MR) is 131 cm³/mol. The summed E-state index contributed by atoms with van der Waals surface area (Å²) in [7, 11) is 0. The molecule has 0 aliphatic heterocycles. The number of aromatic nitrogens is 1. The van der Waals surface area contributed by atoms with E-state index in [1.54, 1.807) is 41.3 Å². The number of benzene rings is 3. The van der Waals surface area contributed by atoms with Crippen LogP contribution in [0.3, 0.4) is 0 Å². The molecule has 4 aromatic rings. The van der Waals surface area contributed by atoms with E-state index in [1.807, 2.05) is 48.5 Å². The Labute approximate surface area is 197 Å². The SMILES string of the molecule is Nc1ccc(CN(Cc2ccccc2)C(=O)N(c2ccccc2)c2ncccc2[NH+]([O-])O)cc1. The summed E-state index contributed by atoms with van der Waals surface area (Å²) < 4.78 is 0. The first-order chi connectivity index (χ1) is 16.5. The predicted octanol–water partition coefficient (Wildman–Crippen LogP) is 4.03. The molecule has 1 heterocycles. The topological polar surface area (TPSA) is 110 Å². The van der Waals surface area contributed by atoms with Gasteiger partial charge in [-0.1, -0.05) is 60.7 Å². The first kappa shape index (κ1) is 22.9. The monoisotopic (exact) mass is 455 g/mol. The van der Waals surface area contributed by atoms with Crippen LogP contribution in [0.25, 0.3) is 0 Å². The fraction of sp³-hybridized carbons (Fsp3) is 0.0769. The Balaban J connectivity index is 1.78. The van der Waals surface area contributed by atoms with Crippen LogP contribution < -0.4 is 15.9 Å². The second-order valence-corrected chi connectivity index (χ2v) is 7.72. The molecular formula is C26H25N5O3. The summed E-state index contributed by atoms with van der Waals surface area (Å²) in [6.45, 7) is 0.620. The van der Waals surface area contributed by atoms with Crippen LogP contribution in [0.5, 0.6) is 0 Å². The van der Waals surface area contributed by atoms with Gasteiger partial charge in [-0.15, -0.1) is 0 Å². The van der Waals surface area contributed by atoms with Crippen molar-refractivity contribution in [1.29, 1.82) is 0 Å². The number of rotatable bonds is 7. The lowest BCUT2D eigenvalue weighted by molar-refractivity contribution is -0.991. The molecule has 0 radical (unpaired) electrons. The molecule has 0 aliphatic carbocycles. The second-order valence-electron chi connectivity index (χ2n) is 7.72. The lowest BCUT2D eigenvalue weighted by Crippen LogP contribution is -2.99. The molecule has 1 aromatic heterocycles. The van der Waals surface area contributed by atoms with Crippen LogP contribution in [0.2, 0.25) is 0 Å². The van der Waals surface area contributed by atoms with E-state index in [0.29, 0.717) is 24.5 Å². The number of hydrogen-bond donors (Lipinski definition) is 3. The van der Waals surface area contributed by atoms with Crippen molar-refractivity contribution in [1.82, 2.24) is 9.88 Å². The van der Waals surface area contributed by atoms with Gasteiger partial charge in [0, 0.05) is 31.0 Å². The van der Waals surface area contributed by atoms with Crippen molar-refractivity contribution < 1.29 is 15.2 Å². The van der Waals surface area contributed by atoms with Crippen LogP contribution in [-0.4, -0.2) is 21.1 Å². The Kier molecular flexibility index (Phi) is 7.14. The number of nitrogens with one attached hydrogen (secondary N) is 1. The van der Waals surface area contributed by atoms with E-state index in [4.69, 9.17) is 5.73 Å². The molecule has 4 rings (SSSR count). The lowest BCUT2D eigenvalue weighted by Gasteiger charge is -2.31. The number of nitrogen functional groups attached to an aromatic ring is 1. The van der Waals surface area contributed by atoms with E-state index in [-0.39, 0.29) is 11.5 Å². The number of nitrogens with two attached hydrogens (primary N) is 1. The minimum absolute atomic E-state index is 0.0570. The number of carbonyl (C=O) groups is 1. The maximum absolute atomic E-state index is 14.1. The van der Waals surface area contributed by atoms with Gasteiger partial charge in [0.15, 0.2) is 0 Å². The number of urea groups is 1. The molecule has 0 saturated carbocycles. The van der Waals surface area contributed by atoms with Gasteiger partial charge in [-0.3, -0.25) is 0 Å². The van der Waals surface area contributed by atoms with Gasteiger partial charge in [-0.2, -0.15) is 5.23 Å². The van der Waals surface area contributed by atoms with Gasteiger partial charge in [0.25, 0.3) is 0 Å². The summed E-state index contributed by atoms with van der Waals surface area (Å²) in [6, 6.07) is 28.5. The van der Waals surface area contributed by atoms with Crippen molar-refractivity contribution in [3.63, 3.8) is 0 Å². The number of anilines is 3. The van der Waals surface area contributed by atoms with Crippen LogP contribution in [0.1, 0.15) is 11.1 Å². The maximum Gasteiger partial charge on any atom is 0.331 e. The maximum atomic E-state index is 14.1. The second kappa shape index (κ2) is 10.6. The Morgan fingerprint density at radius 1 is 0.853 bits per heavy atom. The molecule has 8 nitrogen and oxygen atoms in total. The minimum Gasteiger partial charge on any atom is -0.595 e. The number of para-hydroxylation sites is 1. The zero-order valence-corrected chi connectivity index (χ0v) is 18.4. The summed E-state index contributed by atoms with van der Waals surface area (Å²) in [5.74, 6) is 0.0570. The number of hydrogen-bond acceptors (Lipinski definition) is 5. The molecule has 172 valence electrons. The van der Waals surface area contributed by atoms with E-state index in [9.17, 15) is 15.2 Å². The largest absolute Gasteiger partial charge is 0.595 e. The molecule has 1 unspecified atom stereocenters. The molecule has 0 bridgehead atoms. The normalized spacial score (nSPS) is 11.6. The van der Waals surface area contributed by atoms with Gasteiger partial charge < -0.3 is 15.8 Å². The summed E-state index contributed by atoms with van der Waals surface area (Å²) >= 11 is 0. The fourth-order valence-corrected chi connectivity index (χ4v) is 3.62. The van der Waals surface area contributed by atoms with Gasteiger partial charge in [-0.05, 0) is 41.5 Å². The van der Waals surface area contributed by atoms with Crippen LogP contribution in [0, 0.1) is 5.21 Å². The van der Waals surface area contributed by atoms with Crippen molar-refractivity contribution in [3.05, 3.63) is 120 Å². The van der Waals surface area contributed by atoms with Crippen molar-refractivity contribution in [2.75, 3.05) is 10.6 Å². The zero-order chi connectivity index (χ0) is 23.9. The number of amides is 2. The smallest absolute Gasteiger partial charge is 0.331 e. The quantitative estimate of drug-likeness (QED) is 0.288. The molecule has 8 heteroatoms. The van der Waals surface area contributed by atoms with Crippen molar-refractivity contribution in [2.45, 2.75) is 13.1 Å². The third-order valence-electron chi connectivity index (χ3n) is 5.27. The van der Waals surface area contributed by atoms with Gasteiger partial charge in [-0.25, -0.2) is 19.9 Å². The molecule has 0 spiro atoms. The van der Waals surface area contributed by atoms with E-state index < -0.39 is 11.3 Å². The molecule has 3 aromatic carbocycles. The summed E-state index contributed by atoms with van der Waals surface area (Å²) in [4.78, 5) is 21.4. The van der Waals surface area contributed by atoms with E-state index in [2.05, 4.69) is 4.98 Å². The summed E-state index contributed by atoms with van der Waals surface area (Å²) in [6.07, 6.45) is 1.48. The highest BCUT2D eigenvalue weighted by Crippen LogP contribution is 2.30. The standard InChI is InChI=1S/C26H25N5O3/c27-22-15-13-21(14-16-22)19-29(18-20-8-3-1-4-9-20)26(32)30(23-10-5-2-6-11-23)25-24(31(33)34)12-7-17-28-25/h1-17,31,33H,18-19,27H2. The van der Waals surface area contributed by atoms with E-state index in [0.717, 1.165) is 11.1 Å². The molecule has 1 atom stereocenters. The van der Waals surface area contributed by atoms with Gasteiger partial charge in [0.1, 0.15) is 0 Å². The number of pyridine rings is 1. The van der Waals surface area contributed by atoms with Crippen molar-refractivity contribution >= 4 is 28.9 Å². The van der Waals surface area contributed by atoms with Crippen LogP contribution in [0.15, 0.2) is 103 Å². The van der Waals surface area contributed by atoms with Gasteiger partial charge in [0.05, 0.1) is 5.69 Å². The van der Waals surface area contributed by atoms with Gasteiger partial charge >= 0.3 is 6.03 Å². The molecule has 0 aliphatic rings. The zero-order valence-electron chi connectivity index (χ0n) is 18.4. The molecule has 2 amide bonds. The summed E-state index contributed by atoms with van der Waals surface area (Å²) in [5, 5.41) is 20.6. The molecular weight excluding hydrogens is 430 g/mol. The first-order valence-corrected chi connectivity index (χ1v) is 10.7. The van der Waals surface area contributed by atoms with Gasteiger partial charge in [0.2, 0.25) is 11.5 Å². The van der Waals surface area contributed by atoms with E-state index >= 15 is 0 Å². The third-order valence-corrected chi connectivity index (χ3v) is 5.27. The Morgan fingerprint density at radius 3 is 2.06 bits per heavy atom. The number of carbonyl (C=O) groups excluding carboxylic acids is 1. The molecule has 0 saturated heterocycles. The number of nitrogens with zero attached hydrogens (tertiary/aromatic N) is 3. The average Bonchev–Trinajstić information content (AvgIpc) is 2.86. The van der Waals surface area contributed by atoms with E-state index in [1.165, 1.54) is 23.2 Å². The lowest BCUT2D eigenvalue weighted by atomic mass is 10.1. The number of quaternary nitrogens is 1. The van der Waals surface area contributed by atoms with Crippen LogP contribution in [0.4, 0.5) is 27.7 Å². The Hall–Kier alpha value is -4.24. The van der Waals surface area contributed by atoms with Crippen molar-refractivity contribution in [2.24, 2.45) is 0 Å². The molecule has 34 heavy (non-hydrogen) atoms.